The predicted molar refractivity (Wildman–Crippen MR) is 102 cm³/mol. The third-order valence-corrected chi connectivity index (χ3v) is 7.08. The molecule has 1 aliphatic rings. The van der Waals surface area contributed by atoms with Crippen LogP contribution in [0.4, 0.5) is 0 Å². The molecule has 0 saturated carbocycles. The van der Waals surface area contributed by atoms with Crippen molar-refractivity contribution in [3.63, 3.8) is 0 Å². The molecule has 1 aromatic carbocycles. The van der Waals surface area contributed by atoms with Crippen LogP contribution < -0.4 is 4.72 Å². The van der Waals surface area contributed by atoms with Crippen LogP contribution in [0.3, 0.4) is 0 Å². The van der Waals surface area contributed by atoms with Crippen molar-refractivity contribution < 1.29 is 13.2 Å². The van der Waals surface area contributed by atoms with Crippen molar-refractivity contribution in [1.29, 1.82) is 0 Å². The number of hydrogen-bond donors (Lipinski definition) is 1. The lowest BCUT2D eigenvalue weighted by Crippen LogP contribution is -2.41. The van der Waals surface area contributed by atoms with E-state index in [1.165, 1.54) is 0 Å². The average Bonchev–Trinajstić information content (AvgIpc) is 3.00. The highest BCUT2D eigenvalue weighted by Gasteiger charge is 2.33. The van der Waals surface area contributed by atoms with Crippen LogP contribution in [-0.2, 0) is 21.2 Å². The summed E-state index contributed by atoms with van der Waals surface area (Å²) in [5.74, 6) is 0.110. The molecule has 1 saturated heterocycles. The first-order valence-electron chi connectivity index (χ1n) is 8.86. The highest BCUT2D eigenvalue weighted by molar-refractivity contribution is 7.89. The molecule has 0 radical (unpaired) electrons. The minimum atomic E-state index is -3.62. The fourth-order valence-corrected chi connectivity index (χ4v) is 5.50. The summed E-state index contributed by atoms with van der Waals surface area (Å²) < 4.78 is 34.8. The van der Waals surface area contributed by atoms with Gasteiger partial charge in [0.15, 0.2) is 0 Å². The Morgan fingerprint density at radius 1 is 1.08 bits per heavy atom. The number of aryl methyl sites for hydroxylation is 2. The highest BCUT2D eigenvalue weighted by atomic mass is 32.2. The van der Waals surface area contributed by atoms with Crippen molar-refractivity contribution in [3.05, 3.63) is 58.4 Å². The Balaban J connectivity index is 1.85. The number of ether oxygens (including phenoxy) is 1. The van der Waals surface area contributed by atoms with Crippen LogP contribution >= 0.6 is 0 Å². The van der Waals surface area contributed by atoms with E-state index in [9.17, 15) is 8.42 Å². The Morgan fingerprint density at radius 3 is 2.31 bits per heavy atom. The fourth-order valence-electron chi connectivity index (χ4n) is 3.59. The van der Waals surface area contributed by atoms with Gasteiger partial charge in [-0.15, -0.1) is 0 Å². The van der Waals surface area contributed by atoms with E-state index in [2.05, 4.69) is 9.71 Å². The number of sulfonamides is 1. The maximum atomic E-state index is 13.2. The minimum Gasteiger partial charge on any atom is -0.379 e. The molecule has 140 valence electrons. The summed E-state index contributed by atoms with van der Waals surface area (Å²) in [4.78, 5) is 4.44. The fraction of sp³-hybridized carbons (Fsp3) is 0.450. The second-order valence-electron chi connectivity index (χ2n) is 7.17. The molecule has 5 nitrogen and oxygen atoms in total. The molecule has 0 amide bonds. The molecule has 1 aliphatic heterocycles. The number of rotatable bonds is 5. The predicted octanol–water partition coefficient (Wildman–Crippen LogP) is 2.85. The van der Waals surface area contributed by atoms with Crippen molar-refractivity contribution in [3.8, 4) is 0 Å². The summed E-state index contributed by atoms with van der Waals surface area (Å²) in [5, 5.41) is 0. The van der Waals surface area contributed by atoms with Crippen LogP contribution in [0.5, 0.6) is 0 Å². The monoisotopic (exact) mass is 374 g/mol. The summed E-state index contributed by atoms with van der Waals surface area (Å²) in [6, 6.07) is 5.73. The van der Waals surface area contributed by atoms with E-state index >= 15 is 0 Å². The van der Waals surface area contributed by atoms with Crippen molar-refractivity contribution >= 4 is 10.0 Å². The van der Waals surface area contributed by atoms with Gasteiger partial charge in [0.25, 0.3) is 0 Å². The molecule has 2 aromatic rings. The Kier molecular flexibility index (Phi) is 5.46. The van der Waals surface area contributed by atoms with Gasteiger partial charge in [0.1, 0.15) is 0 Å². The van der Waals surface area contributed by atoms with E-state index in [1.54, 1.807) is 12.4 Å². The molecule has 1 aromatic heterocycles. The topological polar surface area (TPSA) is 68.3 Å². The van der Waals surface area contributed by atoms with Crippen LogP contribution in [0.25, 0.3) is 0 Å². The van der Waals surface area contributed by atoms with Crippen LogP contribution in [-0.4, -0.2) is 32.7 Å². The summed E-state index contributed by atoms with van der Waals surface area (Å²) >= 11 is 0. The first-order valence-corrected chi connectivity index (χ1v) is 10.3. The van der Waals surface area contributed by atoms with Gasteiger partial charge in [0.2, 0.25) is 10.0 Å². The zero-order valence-corrected chi connectivity index (χ0v) is 16.6. The molecule has 6 heteroatoms. The van der Waals surface area contributed by atoms with Crippen molar-refractivity contribution in [2.45, 2.75) is 45.1 Å². The molecular weight excluding hydrogens is 348 g/mol. The molecule has 0 unspecified atom stereocenters. The number of nitrogens with one attached hydrogen (secondary N) is 1. The van der Waals surface area contributed by atoms with Gasteiger partial charge in [-0.3, -0.25) is 4.98 Å². The van der Waals surface area contributed by atoms with Gasteiger partial charge >= 0.3 is 0 Å². The summed E-state index contributed by atoms with van der Waals surface area (Å²) in [5.41, 5.74) is 4.74. The molecule has 0 bridgehead atoms. The van der Waals surface area contributed by atoms with Gasteiger partial charge in [-0.25, -0.2) is 13.1 Å². The maximum Gasteiger partial charge on any atom is 0.241 e. The number of pyridine rings is 1. The van der Waals surface area contributed by atoms with E-state index in [4.69, 9.17) is 4.74 Å². The van der Waals surface area contributed by atoms with Crippen LogP contribution in [0.2, 0.25) is 0 Å². The summed E-state index contributed by atoms with van der Waals surface area (Å²) in [7, 11) is -3.62. The summed E-state index contributed by atoms with van der Waals surface area (Å²) in [6.07, 6.45) is 4.28. The first kappa shape index (κ1) is 19.0. The van der Waals surface area contributed by atoms with Gasteiger partial charge in [-0.2, -0.15) is 0 Å². The van der Waals surface area contributed by atoms with Gasteiger partial charge in [-0.1, -0.05) is 6.07 Å². The third-order valence-electron chi connectivity index (χ3n) is 5.32. The number of benzene rings is 1. The third kappa shape index (κ3) is 3.82. The molecule has 1 fully saturated rings. The second kappa shape index (κ2) is 7.47. The zero-order chi connectivity index (χ0) is 18.9. The van der Waals surface area contributed by atoms with Gasteiger partial charge in [0, 0.05) is 18.3 Å². The number of nitrogens with zero attached hydrogens (tertiary/aromatic N) is 1. The van der Waals surface area contributed by atoms with E-state index < -0.39 is 10.0 Å². The Labute approximate surface area is 155 Å². The van der Waals surface area contributed by atoms with E-state index in [-0.39, 0.29) is 12.0 Å². The van der Waals surface area contributed by atoms with Crippen molar-refractivity contribution in [2.75, 3.05) is 13.2 Å². The van der Waals surface area contributed by atoms with Crippen molar-refractivity contribution in [1.82, 2.24) is 9.71 Å². The van der Waals surface area contributed by atoms with Crippen LogP contribution in [0.15, 0.2) is 35.5 Å². The second-order valence-corrected chi connectivity index (χ2v) is 8.83. The highest BCUT2D eigenvalue weighted by Crippen LogP contribution is 2.28. The number of aromatic nitrogens is 1. The van der Waals surface area contributed by atoms with E-state index in [1.807, 2.05) is 45.9 Å². The van der Waals surface area contributed by atoms with Crippen LogP contribution in [0, 0.1) is 33.6 Å². The summed E-state index contributed by atoms with van der Waals surface area (Å²) in [6.45, 7) is 8.60. The molecule has 26 heavy (non-hydrogen) atoms. The quantitative estimate of drug-likeness (QED) is 0.874. The minimum absolute atomic E-state index is 0.110. The molecule has 2 heterocycles. The van der Waals surface area contributed by atoms with E-state index in [0.717, 1.165) is 34.2 Å². The molecule has 3 rings (SSSR count). The van der Waals surface area contributed by atoms with Gasteiger partial charge in [-0.05, 0) is 74.1 Å². The smallest absolute Gasteiger partial charge is 0.241 e. The standard InChI is InChI=1S/C20H26N2O3S/c1-13-9-14(2)16(4)20(15(13)3)26(23,24)22-19-12-25-11-18(19)10-17-5-7-21-8-6-17/h5-9,18-19,22H,10-12H2,1-4H3/t18-,19-/m1/s1. The van der Waals surface area contributed by atoms with Crippen molar-refractivity contribution in [2.24, 2.45) is 5.92 Å². The Hall–Kier alpha value is -1.76. The average molecular weight is 375 g/mol. The number of hydrogen-bond acceptors (Lipinski definition) is 4. The molecule has 0 spiro atoms. The van der Waals surface area contributed by atoms with Gasteiger partial charge < -0.3 is 4.74 Å². The van der Waals surface area contributed by atoms with Crippen LogP contribution in [0.1, 0.15) is 27.8 Å². The first-order chi connectivity index (χ1) is 12.3. The Morgan fingerprint density at radius 2 is 1.69 bits per heavy atom. The van der Waals surface area contributed by atoms with E-state index in [0.29, 0.717) is 18.1 Å². The normalized spacial score (nSPS) is 20.5. The molecule has 2 atom stereocenters. The largest absolute Gasteiger partial charge is 0.379 e. The lowest BCUT2D eigenvalue weighted by molar-refractivity contribution is 0.183. The van der Waals surface area contributed by atoms with Gasteiger partial charge in [0.05, 0.1) is 24.2 Å². The molecular formula is C20H26N2O3S. The maximum absolute atomic E-state index is 13.2. The lowest BCUT2D eigenvalue weighted by Gasteiger charge is -2.22. The molecule has 1 N–H and O–H groups in total. The zero-order valence-electron chi connectivity index (χ0n) is 15.7. The Bertz CT molecular complexity index is 869. The molecule has 0 aliphatic carbocycles. The SMILES string of the molecule is Cc1cc(C)c(C)c(S(=O)(=O)N[C@@H]2COC[C@H]2Cc2ccncc2)c1C. The lowest BCUT2D eigenvalue weighted by atomic mass is 9.96.